The number of nitrogens with zero attached hydrogens (tertiary/aromatic N) is 8. The van der Waals surface area contributed by atoms with Crippen LogP contribution in [0.1, 0.15) is 87.3 Å². The van der Waals surface area contributed by atoms with Crippen LogP contribution in [-0.4, -0.2) is 51.8 Å². The van der Waals surface area contributed by atoms with E-state index in [4.69, 9.17) is 64.3 Å². The van der Waals surface area contributed by atoms with E-state index in [1.54, 1.807) is 7.11 Å². The van der Waals surface area contributed by atoms with Gasteiger partial charge in [-0.05, 0) is 170 Å². The second-order valence-electron chi connectivity index (χ2n) is 23.1. The van der Waals surface area contributed by atoms with Crippen molar-refractivity contribution >= 4 is 114 Å². The third kappa shape index (κ3) is 17.7. The third-order valence-electron chi connectivity index (χ3n) is 15.8. The molecule has 0 radical (unpaired) electrons. The molecule has 21 heteroatoms. The van der Waals surface area contributed by atoms with Crippen LogP contribution >= 0.6 is 0 Å². The topological polar surface area (TPSA) is 284 Å². The van der Waals surface area contributed by atoms with Crippen LogP contribution in [-0.2, 0) is 71.1 Å². The maximum atomic E-state index is 13.5. The molecule has 2 aliphatic rings. The second-order valence-corrected chi connectivity index (χ2v) is 23.1. The van der Waals surface area contributed by atoms with Crippen molar-refractivity contribution in [3.8, 4) is 50.3 Å². The summed E-state index contributed by atoms with van der Waals surface area (Å²) >= 11 is 0. The number of benzene rings is 3. The summed E-state index contributed by atoms with van der Waals surface area (Å²) in [4.78, 5) is 74.4. The molecule has 20 nitrogen and oxygen atoms in total. The molecule has 0 saturated carbocycles. The van der Waals surface area contributed by atoms with Crippen LogP contribution < -0.4 is 58.7 Å². The molecule has 0 atom stereocenters. The minimum Gasteiger partial charge on any atom is -0.657 e. The van der Waals surface area contributed by atoms with E-state index in [1.165, 1.54) is 38.2 Å². The van der Waals surface area contributed by atoms with Gasteiger partial charge in [-0.25, -0.2) is 28.2 Å². The van der Waals surface area contributed by atoms with Gasteiger partial charge < -0.3 is 64.6 Å². The fourth-order valence-electron chi connectivity index (χ4n) is 11.5. The van der Waals surface area contributed by atoms with E-state index in [-0.39, 0.29) is 25.4 Å². The molecule has 1 amide bonds. The maximum Gasteiger partial charge on any atom is 2.00 e. The largest absolute Gasteiger partial charge is 2.00 e. The Kier molecular flexibility index (Phi) is 23.8. The van der Waals surface area contributed by atoms with Gasteiger partial charge >= 0.3 is 19.5 Å². The number of hydrogen-bond acceptors (Lipinski definition) is 12. The molecule has 0 saturated heterocycles. The van der Waals surface area contributed by atoms with Crippen LogP contribution in [0.3, 0.4) is 0 Å². The number of aliphatic carboxylic acids is 4. The van der Waals surface area contributed by atoms with E-state index in [2.05, 4.69) is 169 Å². The van der Waals surface area contributed by atoms with Gasteiger partial charge in [0.25, 0.3) is 0 Å². The molecule has 2 aliphatic heterocycles. The number of ether oxygens (including phenoxy) is 1. The van der Waals surface area contributed by atoms with Crippen LogP contribution in [0.15, 0.2) is 159 Å². The SMILES string of the molecule is CC(=O)[O-].CC(=O)[O-].CC(=O)[O-].CC(=O)[O-].COc1ccc2[nH]c3c(C)c4cc[n+](CCCCCC(=O)Nc5ccc(-c6c7nc(c(-c8cc[n+](C)cc8)c8ccc([n-]8)c(-c8cc[n+](C)cc8)c8nc(c(-c9cc[n+](C)cc9)c9ccc6[n-]9)C=C8)C=C7)cc5)cc4c(C)c3c2c1.[Zn+2]. The molecule has 0 spiro atoms. The van der Waals surface area contributed by atoms with E-state index >= 15 is 0 Å². The monoisotopic (exact) mass is 1350 g/mol. The molecule has 10 heterocycles. The summed E-state index contributed by atoms with van der Waals surface area (Å²) in [6, 6.07) is 37.5. The average Bonchev–Trinajstić information content (AvgIpc) is 1.63. The molecule has 0 unspecified atom stereocenters. The van der Waals surface area contributed by atoms with Crippen molar-refractivity contribution in [2.45, 2.75) is 73.8 Å². The van der Waals surface area contributed by atoms with Gasteiger partial charge in [0.2, 0.25) is 5.91 Å². The molecular weight excluding hydrogens is 1280 g/mol. The van der Waals surface area contributed by atoms with Gasteiger partial charge in [0, 0.05) is 107 Å². The Labute approximate surface area is 573 Å². The van der Waals surface area contributed by atoms with E-state index in [0.29, 0.717) is 6.42 Å². The minimum absolute atomic E-state index is 0. The average molecular weight is 1350 g/mol. The molecule has 8 aromatic heterocycles. The minimum atomic E-state index is -1.08. The van der Waals surface area contributed by atoms with Crippen molar-refractivity contribution < 1.29 is 86.9 Å². The summed E-state index contributed by atoms with van der Waals surface area (Å²) in [7, 11) is 7.77. The number of fused-ring (bicyclic) bond motifs is 12. The number of amides is 1. The summed E-state index contributed by atoms with van der Waals surface area (Å²) in [6.45, 7) is 9.18. The fourth-order valence-corrected chi connectivity index (χ4v) is 11.5. The summed E-state index contributed by atoms with van der Waals surface area (Å²) in [5.41, 5.74) is 19.4. The van der Waals surface area contributed by atoms with Crippen LogP contribution in [0.4, 0.5) is 5.69 Å². The van der Waals surface area contributed by atoms with Gasteiger partial charge in [0.05, 0.1) is 35.4 Å². The third-order valence-corrected chi connectivity index (χ3v) is 15.8. The van der Waals surface area contributed by atoms with Gasteiger partial charge in [-0.1, -0.05) is 36.4 Å². The Balaban J connectivity index is 0.000000640. The number of carbonyl (C=O) groups is 5. The number of pyridine rings is 4. The zero-order chi connectivity index (χ0) is 68.9. The first-order chi connectivity index (χ1) is 46.0. The first kappa shape index (κ1) is 71.5. The molecule has 0 fully saturated rings. The maximum absolute atomic E-state index is 13.5. The predicted octanol–water partition coefficient (Wildman–Crippen LogP) is 6.98. The zero-order valence-corrected chi connectivity index (χ0v) is 58.7. The molecule has 488 valence electrons. The number of aromatic amines is 1. The normalized spacial score (nSPS) is 11.0. The molecule has 0 aliphatic carbocycles. The Morgan fingerprint density at radius 2 is 0.897 bits per heavy atom. The number of anilines is 1. The van der Waals surface area contributed by atoms with Crippen molar-refractivity contribution in [2.75, 3.05) is 12.4 Å². The van der Waals surface area contributed by atoms with Crippen molar-refractivity contribution in [1.82, 2.24) is 24.9 Å². The van der Waals surface area contributed by atoms with Gasteiger partial charge in [0.15, 0.2) is 49.6 Å². The summed E-state index contributed by atoms with van der Waals surface area (Å²) < 4.78 is 13.9. The Morgan fingerprint density at radius 3 is 1.30 bits per heavy atom. The molecule has 13 rings (SSSR count). The molecule has 2 N–H and O–H groups in total. The van der Waals surface area contributed by atoms with Gasteiger partial charge in [0.1, 0.15) is 33.4 Å². The molecular formula is C76H72N10O10Zn. The first-order valence-electron chi connectivity index (χ1n) is 30.9. The number of nitrogens with one attached hydrogen (secondary N) is 2. The number of carboxylic acid groups (broad SMARTS) is 4. The summed E-state index contributed by atoms with van der Waals surface area (Å²) in [5.74, 6) is -3.49. The summed E-state index contributed by atoms with van der Waals surface area (Å²) in [5, 5.41) is 43.7. The van der Waals surface area contributed by atoms with E-state index in [9.17, 15) is 4.79 Å². The summed E-state index contributed by atoms with van der Waals surface area (Å²) in [6.07, 6.45) is 28.2. The molecule has 3 aromatic carbocycles. The van der Waals surface area contributed by atoms with Gasteiger partial charge in [-0.15, -0.1) is 22.1 Å². The van der Waals surface area contributed by atoms with Crippen LogP contribution in [0.2, 0.25) is 0 Å². The number of unbranched alkanes of at least 4 members (excludes halogenated alkanes) is 2. The van der Waals surface area contributed by atoms with Crippen LogP contribution in [0.25, 0.3) is 123 Å². The Morgan fingerprint density at radius 1 is 0.495 bits per heavy atom. The standard InChI is InChI=1S/C68H58N10O2.4C2H4O2.Zn/c1-42-52-41-78(39-31-50(52)43(2)68-63(42)51-40-49(80-6)15-16-53(51)74-68)32-9-7-8-10-62(79)69-48-13-11-44(12-14-48)64-54-17-19-56(70-54)65(45-25-33-75(3)34-26-45)58-21-23-60(72-58)67(47-29-37-77(5)38-30-47)61-24-22-59(73-61)66(57-20-18-55(64)71-57)46-27-35-76(4)36-28-46;4*1-2(3)4;/h11-31,33-41H,7-10,32H2,1-6H3;4*1H3,(H,3,4);/q;;;;;+2/p-2. The van der Waals surface area contributed by atoms with E-state index in [0.717, 1.165) is 160 Å². The number of carbonyl (C=O) groups excluding carboxylic acids is 5. The second kappa shape index (κ2) is 32.2. The number of H-pyrrole nitrogens is 1. The number of aromatic nitrogens is 9. The van der Waals surface area contributed by atoms with Crippen molar-refractivity contribution in [3.63, 3.8) is 0 Å². The number of hydrogen-bond donors (Lipinski definition) is 2. The van der Waals surface area contributed by atoms with Crippen molar-refractivity contribution in [3.05, 3.63) is 193 Å². The smallest absolute Gasteiger partial charge is 0.657 e. The number of carboxylic acids is 4. The van der Waals surface area contributed by atoms with Crippen molar-refractivity contribution in [2.24, 2.45) is 21.1 Å². The van der Waals surface area contributed by atoms with E-state index < -0.39 is 23.9 Å². The van der Waals surface area contributed by atoms with Gasteiger partial charge in [-0.2, -0.15) is 0 Å². The van der Waals surface area contributed by atoms with Crippen molar-refractivity contribution in [1.29, 1.82) is 0 Å². The van der Waals surface area contributed by atoms with Gasteiger partial charge in [-0.3, -0.25) is 4.79 Å². The number of methoxy groups -OCH3 is 1. The quantitative estimate of drug-likeness (QED) is 0.0709. The Bertz CT molecular complexity index is 4890. The molecule has 97 heavy (non-hydrogen) atoms. The van der Waals surface area contributed by atoms with Crippen LogP contribution in [0.5, 0.6) is 5.75 Å². The number of aryl methyl sites for hydroxylation is 6. The Hall–Kier alpha value is -11.3. The van der Waals surface area contributed by atoms with Crippen LogP contribution in [0, 0.1) is 13.8 Å². The predicted molar refractivity (Wildman–Crippen MR) is 361 cm³/mol. The molecule has 11 aromatic rings. The number of rotatable bonds is 12. The first-order valence-corrected chi connectivity index (χ1v) is 30.9. The fraction of sp³-hybridized carbons (Fsp3) is 0.197. The molecule has 8 bridgehead atoms. The zero-order valence-electron chi connectivity index (χ0n) is 55.7. The van der Waals surface area contributed by atoms with E-state index in [1.807, 2.05) is 77.8 Å².